The molecule has 14 heavy (non-hydrogen) atoms. The van der Waals surface area contributed by atoms with E-state index in [9.17, 15) is 4.79 Å². The van der Waals surface area contributed by atoms with Crippen molar-refractivity contribution in [2.24, 2.45) is 4.99 Å². The lowest BCUT2D eigenvalue weighted by atomic mass is 10.2. The average Bonchev–Trinajstić information content (AvgIpc) is 2.14. The summed E-state index contributed by atoms with van der Waals surface area (Å²) in [6.07, 6.45) is 4.70. The van der Waals surface area contributed by atoms with E-state index in [0.29, 0.717) is 6.54 Å². The summed E-state index contributed by atoms with van der Waals surface area (Å²) in [6.45, 7) is 2.77. The van der Waals surface area contributed by atoms with E-state index in [4.69, 9.17) is 0 Å². The van der Waals surface area contributed by atoms with Crippen molar-refractivity contribution in [2.45, 2.75) is 26.2 Å². The summed E-state index contributed by atoms with van der Waals surface area (Å²) in [4.78, 5) is 16.7. The smallest absolute Gasteiger partial charge is 0.354 e. The number of nitrogens with zero attached hydrogens (tertiary/aromatic N) is 3. The summed E-state index contributed by atoms with van der Waals surface area (Å²) < 4.78 is 1.34. The number of hydrogen-bond acceptors (Lipinski definition) is 2. The second-order valence-corrected chi connectivity index (χ2v) is 3.80. The van der Waals surface area contributed by atoms with Crippen LogP contribution >= 0.6 is 12.8 Å². The van der Waals surface area contributed by atoms with Gasteiger partial charge in [0.15, 0.2) is 0 Å². The van der Waals surface area contributed by atoms with Gasteiger partial charge in [0.05, 0.1) is 6.34 Å². The highest BCUT2D eigenvalue weighted by atomic mass is 32.1. The molecule has 2 amide bonds. The standard InChI is InChI=1S/C9H19N3OS/c1-4-5-6-7-12(14)9(13)10-8-11(2)3/h8,14H,4-7H2,1-3H3. The van der Waals surface area contributed by atoms with Crippen LogP contribution in [0.2, 0.25) is 0 Å². The lowest BCUT2D eigenvalue weighted by Gasteiger charge is -2.12. The third-order valence-electron chi connectivity index (χ3n) is 1.59. The molecule has 0 aliphatic heterocycles. The van der Waals surface area contributed by atoms with E-state index in [2.05, 4.69) is 24.7 Å². The largest absolute Gasteiger partial charge is 0.369 e. The highest BCUT2D eigenvalue weighted by Crippen LogP contribution is 2.02. The molecule has 0 unspecified atom stereocenters. The van der Waals surface area contributed by atoms with Gasteiger partial charge in [0.1, 0.15) is 0 Å². The molecule has 0 aliphatic carbocycles. The first-order valence-electron chi connectivity index (χ1n) is 4.79. The first-order valence-corrected chi connectivity index (χ1v) is 5.19. The Balaban J connectivity index is 3.76. The molecule has 0 aromatic carbocycles. The summed E-state index contributed by atoms with van der Waals surface area (Å²) in [6, 6.07) is -0.307. The van der Waals surface area contributed by atoms with Crippen LogP contribution in [0, 0.1) is 0 Å². The van der Waals surface area contributed by atoms with E-state index in [1.165, 1.54) is 10.6 Å². The molecule has 0 fully saturated rings. The molecule has 0 aliphatic rings. The first-order chi connectivity index (χ1) is 6.57. The predicted octanol–water partition coefficient (Wildman–Crippen LogP) is 2.03. The van der Waals surface area contributed by atoms with Gasteiger partial charge in [-0.2, -0.15) is 4.99 Å². The second kappa shape index (κ2) is 7.67. The lowest BCUT2D eigenvalue weighted by molar-refractivity contribution is 0.235. The summed E-state index contributed by atoms with van der Waals surface area (Å²) in [5, 5.41) is 0. The average molecular weight is 217 g/mol. The zero-order valence-electron chi connectivity index (χ0n) is 9.10. The van der Waals surface area contributed by atoms with Crippen LogP contribution in [0.15, 0.2) is 4.99 Å². The van der Waals surface area contributed by atoms with E-state index in [1.54, 1.807) is 4.90 Å². The van der Waals surface area contributed by atoms with Crippen LogP contribution in [-0.4, -0.2) is 42.2 Å². The number of thiol groups is 1. The Bertz CT molecular complexity index is 194. The molecule has 0 atom stereocenters. The van der Waals surface area contributed by atoms with Gasteiger partial charge >= 0.3 is 6.03 Å². The van der Waals surface area contributed by atoms with Crippen molar-refractivity contribution in [2.75, 3.05) is 20.6 Å². The van der Waals surface area contributed by atoms with Crippen molar-refractivity contribution < 1.29 is 4.79 Å². The Morgan fingerprint density at radius 2 is 2.07 bits per heavy atom. The van der Waals surface area contributed by atoms with Crippen LogP contribution < -0.4 is 0 Å². The number of hydrogen-bond donors (Lipinski definition) is 1. The fourth-order valence-corrected chi connectivity index (χ4v) is 1.03. The predicted molar refractivity (Wildman–Crippen MR) is 62.8 cm³/mol. The molecule has 0 saturated heterocycles. The first kappa shape index (κ1) is 13.3. The number of rotatable bonds is 5. The van der Waals surface area contributed by atoms with Gasteiger partial charge in [0.2, 0.25) is 0 Å². The van der Waals surface area contributed by atoms with Gasteiger partial charge in [0.25, 0.3) is 0 Å². The second-order valence-electron chi connectivity index (χ2n) is 3.32. The number of carbonyl (C=O) groups excluding carboxylic acids is 1. The molecular formula is C9H19N3OS. The normalized spacial score (nSPS) is 10.6. The zero-order chi connectivity index (χ0) is 11.0. The molecule has 0 radical (unpaired) electrons. The number of amides is 2. The number of unbranched alkanes of at least 4 members (excludes halogenated alkanes) is 2. The molecule has 0 aromatic heterocycles. The Kier molecular flexibility index (Phi) is 7.28. The molecule has 0 rings (SSSR count). The fraction of sp³-hybridized carbons (Fsp3) is 0.778. The van der Waals surface area contributed by atoms with Gasteiger partial charge in [-0.3, -0.25) is 4.31 Å². The van der Waals surface area contributed by atoms with Crippen molar-refractivity contribution in [1.82, 2.24) is 9.21 Å². The molecule has 0 N–H and O–H groups in total. The number of aliphatic imine (C=N–C) groups is 1. The molecule has 0 spiro atoms. The van der Waals surface area contributed by atoms with Gasteiger partial charge < -0.3 is 4.90 Å². The lowest BCUT2D eigenvalue weighted by Crippen LogP contribution is -2.21. The third kappa shape index (κ3) is 6.77. The summed E-state index contributed by atoms with van der Waals surface area (Å²) in [7, 11) is 3.63. The monoisotopic (exact) mass is 217 g/mol. The van der Waals surface area contributed by atoms with Gasteiger partial charge in [-0.1, -0.05) is 32.6 Å². The van der Waals surface area contributed by atoms with Gasteiger partial charge in [-0.05, 0) is 6.42 Å². The van der Waals surface area contributed by atoms with Gasteiger partial charge in [-0.15, -0.1) is 0 Å². The Labute approximate surface area is 91.5 Å². The summed E-state index contributed by atoms with van der Waals surface area (Å²) in [5.41, 5.74) is 0. The Hall–Kier alpha value is -0.710. The van der Waals surface area contributed by atoms with Crippen LogP contribution in [0.5, 0.6) is 0 Å². The number of urea groups is 1. The molecule has 0 aromatic rings. The van der Waals surface area contributed by atoms with Crippen LogP contribution in [0.3, 0.4) is 0 Å². The minimum atomic E-state index is -0.307. The molecule has 5 heteroatoms. The molecule has 82 valence electrons. The quantitative estimate of drug-likeness (QED) is 0.331. The summed E-state index contributed by atoms with van der Waals surface area (Å²) in [5.74, 6) is 0. The van der Waals surface area contributed by atoms with Crippen LogP contribution in [-0.2, 0) is 0 Å². The molecule has 4 nitrogen and oxygen atoms in total. The molecular weight excluding hydrogens is 198 g/mol. The van der Waals surface area contributed by atoms with E-state index in [0.717, 1.165) is 19.3 Å². The maximum absolute atomic E-state index is 11.3. The van der Waals surface area contributed by atoms with E-state index >= 15 is 0 Å². The molecule has 0 bridgehead atoms. The SMILES string of the molecule is CCCCCN(S)C(=O)N=CN(C)C. The fourth-order valence-electron chi connectivity index (χ4n) is 0.839. The van der Waals surface area contributed by atoms with Crippen LogP contribution in [0.4, 0.5) is 4.79 Å². The van der Waals surface area contributed by atoms with Crippen molar-refractivity contribution in [1.29, 1.82) is 0 Å². The van der Waals surface area contributed by atoms with E-state index < -0.39 is 0 Å². The number of carbonyl (C=O) groups is 1. The van der Waals surface area contributed by atoms with Crippen molar-refractivity contribution in [3.05, 3.63) is 0 Å². The molecule has 0 heterocycles. The maximum atomic E-state index is 11.3. The van der Waals surface area contributed by atoms with Gasteiger partial charge in [-0.25, -0.2) is 4.79 Å². The van der Waals surface area contributed by atoms with Crippen LogP contribution in [0.1, 0.15) is 26.2 Å². The summed E-state index contributed by atoms with van der Waals surface area (Å²) >= 11 is 4.05. The maximum Gasteiger partial charge on any atom is 0.354 e. The highest BCUT2D eigenvalue weighted by Gasteiger charge is 2.05. The van der Waals surface area contributed by atoms with Crippen molar-refractivity contribution in [3.63, 3.8) is 0 Å². The zero-order valence-corrected chi connectivity index (χ0v) is 10.00. The van der Waals surface area contributed by atoms with E-state index in [1.807, 2.05) is 14.1 Å². The van der Waals surface area contributed by atoms with Gasteiger partial charge in [0, 0.05) is 20.6 Å². The topological polar surface area (TPSA) is 35.9 Å². The van der Waals surface area contributed by atoms with Crippen LogP contribution in [0.25, 0.3) is 0 Å². The molecule has 0 saturated carbocycles. The van der Waals surface area contributed by atoms with E-state index in [-0.39, 0.29) is 6.03 Å². The van der Waals surface area contributed by atoms with Crippen molar-refractivity contribution in [3.8, 4) is 0 Å². The highest BCUT2D eigenvalue weighted by molar-refractivity contribution is 7.78. The Morgan fingerprint density at radius 3 is 2.57 bits per heavy atom. The van der Waals surface area contributed by atoms with Crippen molar-refractivity contribution >= 4 is 25.2 Å². The minimum absolute atomic E-state index is 0.307. The third-order valence-corrected chi connectivity index (χ3v) is 1.96. The minimum Gasteiger partial charge on any atom is -0.369 e. The Morgan fingerprint density at radius 1 is 1.43 bits per heavy atom.